The van der Waals surface area contributed by atoms with Crippen molar-refractivity contribution in [1.29, 1.82) is 0 Å². The van der Waals surface area contributed by atoms with Crippen LogP contribution < -0.4 is 5.32 Å². The fourth-order valence-corrected chi connectivity index (χ4v) is 2.73. The highest BCUT2D eigenvalue weighted by Gasteiger charge is 2.19. The van der Waals surface area contributed by atoms with Gasteiger partial charge in [0.15, 0.2) is 0 Å². The summed E-state index contributed by atoms with van der Waals surface area (Å²) in [7, 11) is 2.26. The second-order valence-corrected chi connectivity index (χ2v) is 5.07. The number of likely N-dealkylation sites (N-methyl/N-ethyl adjacent to an activating group) is 1. The topological polar surface area (TPSA) is 24.5 Å². The summed E-state index contributed by atoms with van der Waals surface area (Å²) in [5, 5.41) is 3.56. The Morgan fingerprint density at radius 3 is 2.67 bits per heavy atom. The molecule has 1 atom stereocenters. The molecule has 0 aromatic carbocycles. The zero-order valence-corrected chi connectivity index (χ0v) is 9.87. The molecule has 1 N–H and O–H groups in total. The normalized spacial score (nSPS) is 28.8. The van der Waals surface area contributed by atoms with Crippen LogP contribution in [0.25, 0.3) is 0 Å². The fourth-order valence-electron chi connectivity index (χ4n) is 2.73. The molecule has 0 bridgehead atoms. The molecule has 0 aromatic heterocycles. The monoisotopic (exact) mass is 212 g/mol. The smallest absolute Gasteiger partial charge is 0.0469 e. The van der Waals surface area contributed by atoms with Crippen LogP contribution in [-0.2, 0) is 4.74 Å². The molecule has 15 heavy (non-hydrogen) atoms. The van der Waals surface area contributed by atoms with Crippen molar-refractivity contribution in [3.05, 3.63) is 0 Å². The molecule has 3 nitrogen and oxygen atoms in total. The van der Waals surface area contributed by atoms with Crippen molar-refractivity contribution in [2.75, 3.05) is 39.9 Å². The van der Waals surface area contributed by atoms with E-state index in [0.29, 0.717) is 0 Å². The van der Waals surface area contributed by atoms with Crippen LogP contribution in [0.3, 0.4) is 0 Å². The van der Waals surface area contributed by atoms with Gasteiger partial charge in [0, 0.05) is 32.3 Å². The van der Waals surface area contributed by atoms with Crippen LogP contribution in [0.15, 0.2) is 0 Å². The first kappa shape index (κ1) is 11.4. The Balaban J connectivity index is 1.64. The molecule has 2 aliphatic heterocycles. The predicted molar refractivity (Wildman–Crippen MR) is 62.1 cm³/mol. The van der Waals surface area contributed by atoms with Gasteiger partial charge in [0.05, 0.1) is 0 Å². The third-order valence-corrected chi connectivity index (χ3v) is 3.61. The highest BCUT2D eigenvalue weighted by Crippen LogP contribution is 2.16. The third kappa shape index (κ3) is 3.74. The molecule has 2 rings (SSSR count). The van der Waals surface area contributed by atoms with Crippen LogP contribution >= 0.6 is 0 Å². The van der Waals surface area contributed by atoms with Gasteiger partial charge in [-0.25, -0.2) is 0 Å². The number of nitrogens with zero attached hydrogens (tertiary/aromatic N) is 1. The summed E-state index contributed by atoms with van der Waals surface area (Å²) in [6.45, 7) is 5.63. The van der Waals surface area contributed by atoms with Crippen molar-refractivity contribution < 1.29 is 4.74 Å². The summed E-state index contributed by atoms with van der Waals surface area (Å²) in [6, 6.07) is 0.745. The molecule has 0 saturated carbocycles. The number of hydrogen-bond donors (Lipinski definition) is 1. The van der Waals surface area contributed by atoms with E-state index in [1.807, 2.05) is 0 Å². The summed E-state index contributed by atoms with van der Waals surface area (Å²) < 4.78 is 5.38. The Kier molecular flexibility index (Phi) is 4.42. The first-order chi connectivity index (χ1) is 7.34. The molecule has 0 aliphatic carbocycles. The van der Waals surface area contributed by atoms with E-state index in [2.05, 4.69) is 17.3 Å². The lowest BCUT2D eigenvalue weighted by Crippen LogP contribution is -2.38. The molecule has 2 heterocycles. The molecular formula is C12H24N2O. The molecule has 2 fully saturated rings. The van der Waals surface area contributed by atoms with Gasteiger partial charge in [-0.3, -0.25) is 0 Å². The molecule has 0 spiro atoms. The van der Waals surface area contributed by atoms with E-state index >= 15 is 0 Å². The van der Waals surface area contributed by atoms with Gasteiger partial charge < -0.3 is 15.0 Å². The van der Waals surface area contributed by atoms with Crippen LogP contribution in [-0.4, -0.2) is 50.8 Å². The number of nitrogens with one attached hydrogen (secondary N) is 1. The van der Waals surface area contributed by atoms with Gasteiger partial charge in [0.2, 0.25) is 0 Å². The van der Waals surface area contributed by atoms with Crippen molar-refractivity contribution >= 4 is 0 Å². The molecule has 2 aliphatic rings. The van der Waals surface area contributed by atoms with Crippen LogP contribution in [0.2, 0.25) is 0 Å². The number of rotatable bonds is 4. The van der Waals surface area contributed by atoms with Crippen molar-refractivity contribution in [3.8, 4) is 0 Å². The van der Waals surface area contributed by atoms with Gasteiger partial charge in [-0.05, 0) is 45.2 Å². The maximum Gasteiger partial charge on any atom is 0.0469 e. The summed E-state index contributed by atoms with van der Waals surface area (Å²) in [4.78, 5) is 2.50. The minimum Gasteiger partial charge on any atom is -0.381 e. The van der Waals surface area contributed by atoms with E-state index in [1.165, 1.54) is 45.3 Å². The van der Waals surface area contributed by atoms with Gasteiger partial charge in [-0.2, -0.15) is 0 Å². The molecule has 0 amide bonds. The molecule has 0 radical (unpaired) electrons. The first-order valence-corrected chi connectivity index (χ1v) is 6.34. The van der Waals surface area contributed by atoms with Gasteiger partial charge in [0.25, 0.3) is 0 Å². The molecule has 1 unspecified atom stereocenters. The van der Waals surface area contributed by atoms with Crippen LogP contribution in [0.5, 0.6) is 0 Å². The maximum absolute atomic E-state index is 5.38. The molecular weight excluding hydrogens is 188 g/mol. The Hall–Kier alpha value is -0.120. The van der Waals surface area contributed by atoms with Crippen LogP contribution in [0, 0.1) is 5.92 Å². The highest BCUT2D eigenvalue weighted by atomic mass is 16.5. The summed E-state index contributed by atoms with van der Waals surface area (Å²) in [6.07, 6.45) is 5.22. The second-order valence-electron chi connectivity index (χ2n) is 5.07. The van der Waals surface area contributed by atoms with E-state index in [-0.39, 0.29) is 0 Å². The summed E-state index contributed by atoms with van der Waals surface area (Å²) >= 11 is 0. The van der Waals surface area contributed by atoms with Crippen molar-refractivity contribution in [2.24, 2.45) is 5.92 Å². The van der Waals surface area contributed by atoms with E-state index in [4.69, 9.17) is 4.74 Å². The second kappa shape index (κ2) is 5.83. The lowest BCUT2D eigenvalue weighted by atomic mass is 10.00. The largest absolute Gasteiger partial charge is 0.381 e. The van der Waals surface area contributed by atoms with Crippen molar-refractivity contribution in [2.45, 2.75) is 31.7 Å². The molecule has 2 saturated heterocycles. The fraction of sp³-hybridized carbons (Fsp3) is 1.00. The first-order valence-electron chi connectivity index (χ1n) is 6.34. The SMILES string of the molecule is CN(CC1CCOCC1)CC1CCCN1. The quantitative estimate of drug-likeness (QED) is 0.755. The minimum atomic E-state index is 0.745. The van der Waals surface area contributed by atoms with E-state index in [0.717, 1.165) is 25.2 Å². The summed E-state index contributed by atoms with van der Waals surface area (Å²) in [5.74, 6) is 0.866. The third-order valence-electron chi connectivity index (χ3n) is 3.61. The zero-order chi connectivity index (χ0) is 10.5. The van der Waals surface area contributed by atoms with Gasteiger partial charge in [-0.1, -0.05) is 0 Å². The average Bonchev–Trinajstić information content (AvgIpc) is 2.71. The van der Waals surface area contributed by atoms with Crippen LogP contribution in [0.4, 0.5) is 0 Å². The van der Waals surface area contributed by atoms with Crippen molar-refractivity contribution in [3.63, 3.8) is 0 Å². The average molecular weight is 212 g/mol. The Labute approximate surface area is 93.2 Å². The standard InChI is InChI=1S/C12H24N2O/c1-14(10-12-3-2-6-13-12)9-11-4-7-15-8-5-11/h11-13H,2-10H2,1H3. The maximum atomic E-state index is 5.38. The summed E-state index contributed by atoms with van der Waals surface area (Å²) in [5.41, 5.74) is 0. The highest BCUT2D eigenvalue weighted by molar-refractivity contribution is 4.78. The molecule has 3 heteroatoms. The number of hydrogen-bond acceptors (Lipinski definition) is 3. The van der Waals surface area contributed by atoms with E-state index in [9.17, 15) is 0 Å². The Morgan fingerprint density at radius 1 is 1.20 bits per heavy atom. The van der Waals surface area contributed by atoms with E-state index in [1.54, 1.807) is 0 Å². The zero-order valence-electron chi connectivity index (χ0n) is 9.87. The lowest BCUT2D eigenvalue weighted by Gasteiger charge is -2.28. The lowest BCUT2D eigenvalue weighted by molar-refractivity contribution is 0.0549. The Bertz CT molecular complexity index is 174. The molecule has 0 aromatic rings. The van der Waals surface area contributed by atoms with E-state index < -0.39 is 0 Å². The van der Waals surface area contributed by atoms with Crippen LogP contribution in [0.1, 0.15) is 25.7 Å². The Morgan fingerprint density at radius 2 is 2.00 bits per heavy atom. The van der Waals surface area contributed by atoms with Gasteiger partial charge in [0.1, 0.15) is 0 Å². The predicted octanol–water partition coefficient (Wildman–Crippen LogP) is 1.10. The minimum absolute atomic E-state index is 0.745. The van der Waals surface area contributed by atoms with Gasteiger partial charge >= 0.3 is 0 Å². The van der Waals surface area contributed by atoms with Gasteiger partial charge in [-0.15, -0.1) is 0 Å². The molecule has 88 valence electrons. The number of ether oxygens (including phenoxy) is 1. The van der Waals surface area contributed by atoms with Crippen molar-refractivity contribution in [1.82, 2.24) is 10.2 Å².